The topological polar surface area (TPSA) is 74.5 Å². The quantitative estimate of drug-likeness (QED) is 0.496. The Morgan fingerprint density at radius 2 is 1.89 bits per heavy atom. The first-order valence-corrected chi connectivity index (χ1v) is 8.83. The molecule has 0 unspecified atom stereocenters. The zero-order valence-corrected chi connectivity index (χ0v) is 15.6. The van der Waals surface area contributed by atoms with Crippen LogP contribution in [0.5, 0.6) is 5.75 Å². The molecule has 0 aliphatic carbocycles. The van der Waals surface area contributed by atoms with E-state index in [1.165, 1.54) is 6.21 Å². The maximum Gasteiger partial charge on any atom is 0.271 e. The molecular weight excluding hydrogens is 374 g/mol. The van der Waals surface area contributed by atoms with Crippen molar-refractivity contribution in [3.8, 4) is 11.8 Å². The number of amides is 1. The third-order valence-electron chi connectivity index (χ3n) is 3.88. The van der Waals surface area contributed by atoms with Gasteiger partial charge in [0.1, 0.15) is 12.4 Å². The number of benzene rings is 3. The average molecular weight is 390 g/mol. The molecule has 3 aromatic rings. The Hall–Kier alpha value is -3.62. The molecule has 1 N–H and O–H groups in total. The van der Waals surface area contributed by atoms with E-state index < -0.39 is 0 Å². The van der Waals surface area contributed by atoms with Crippen molar-refractivity contribution in [2.75, 3.05) is 0 Å². The van der Waals surface area contributed by atoms with Gasteiger partial charge in [-0.15, -0.1) is 0 Å². The number of nitrogens with one attached hydrogen (secondary N) is 1. The molecule has 3 aromatic carbocycles. The molecule has 28 heavy (non-hydrogen) atoms. The van der Waals surface area contributed by atoms with Crippen molar-refractivity contribution in [1.29, 1.82) is 5.26 Å². The van der Waals surface area contributed by atoms with Gasteiger partial charge in [0.05, 0.1) is 17.8 Å². The fourth-order valence-electron chi connectivity index (χ4n) is 2.43. The third-order valence-corrected chi connectivity index (χ3v) is 4.11. The Kier molecular flexibility index (Phi) is 6.40. The molecule has 0 radical (unpaired) electrons. The second-order valence-corrected chi connectivity index (χ2v) is 6.27. The van der Waals surface area contributed by atoms with Crippen molar-refractivity contribution in [2.24, 2.45) is 5.10 Å². The highest BCUT2D eigenvalue weighted by atomic mass is 35.5. The van der Waals surface area contributed by atoms with E-state index in [0.717, 1.165) is 11.1 Å². The van der Waals surface area contributed by atoms with E-state index >= 15 is 0 Å². The summed E-state index contributed by atoms with van der Waals surface area (Å²) in [6, 6.07) is 23.3. The number of hydrogen-bond acceptors (Lipinski definition) is 4. The van der Waals surface area contributed by atoms with Crippen molar-refractivity contribution < 1.29 is 9.53 Å². The summed E-state index contributed by atoms with van der Waals surface area (Å²) in [6.07, 6.45) is 1.54. The summed E-state index contributed by atoms with van der Waals surface area (Å²) in [4.78, 5) is 12.0. The number of hydrazone groups is 1. The second kappa shape index (κ2) is 9.36. The van der Waals surface area contributed by atoms with Crippen molar-refractivity contribution >= 4 is 23.7 Å². The number of rotatable bonds is 6. The van der Waals surface area contributed by atoms with E-state index in [9.17, 15) is 4.79 Å². The molecule has 0 spiro atoms. The predicted octanol–water partition coefficient (Wildman–Crippen LogP) is 4.55. The third kappa shape index (κ3) is 5.19. The van der Waals surface area contributed by atoms with E-state index in [2.05, 4.69) is 16.6 Å². The number of carbonyl (C=O) groups is 1. The molecule has 0 aliphatic heterocycles. The van der Waals surface area contributed by atoms with Crippen LogP contribution in [0.25, 0.3) is 0 Å². The Labute approximate surface area is 167 Å². The minimum absolute atomic E-state index is 0.312. The number of hydrogen-bond donors (Lipinski definition) is 1. The lowest BCUT2D eigenvalue weighted by Gasteiger charge is -2.07. The molecule has 0 aromatic heterocycles. The maximum atomic E-state index is 12.0. The summed E-state index contributed by atoms with van der Waals surface area (Å²) in [5.41, 5.74) is 5.13. The summed E-state index contributed by atoms with van der Waals surface area (Å²) in [7, 11) is 0. The standard InChI is InChI=1S/C22H16ClN3O2/c23-20-7-3-6-17(12-20)22(27)26-25-14-16-8-10-21(11-9-16)28-15-19-5-2-1-4-18(19)13-24/h1-12,14H,15H2,(H,26,27)/b25-14-. The first-order valence-electron chi connectivity index (χ1n) is 8.45. The van der Waals surface area contributed by atoms with E-state index in [0.29, 0.717) is 28.5 Å². The molecule has 0 saturated heterocycles. The van der Waals surface area contributed by atoms with Crippen molar-refractivity contribution in [3.63, 3.8) is 0 Å². The molecule has 3 rings (SSSR count). The minimum atomic E-state index is -0.338. The first kappa shape index (κ1) is 19.2. The normalized spacial score (nSPS) is 10.4. The van der Waals surface area contributed by atoms with Crippen LogP contribution in [0.2, 0.25) is 5.02 Å². The molecule has 5 nitrogen and oxygen atoms in total. The Morgan fingerprint density at radius 3 is 2.64 bits per heavy atom. The van der Waals surface area contributed by atoms with Crippen molar-refractivity contribution in [3.05, 3.63) is 100 Å². The van der Waals surface area contributed by atoms with E-state index in [-0.39, 0.29) is 5.91 Å². The van der Waals surface area contributed by atoms with E-state index in [1.807, 2.05) is 30.3 Å². The number of ether oxygens (including phenoxy) is 1. The monoisotopic (exact) mass is 389 g/mol. The van der Waals surface area contributed by atoms with Gasteiger partial charge < -0.3 is 4.74 Å². The molecule has 0 saturated carbocycles. The Balaban J connectivity index is 1.55. The van der Waals surface area contributed by atoms with Crippen LogP contribution < -0.4 is 10.2 Å². The second-order valence-electron chi connectivity index (χ2n) is 5.84. The van der Waals surface area contributed by atoms with Gasteiger partial charge in [-0.3, -0.25) is 4.79 Å². The zero-order valence-electron chi connectivity index (χ0n) is 14.8. The van der Waals surface area contributed by atoms with Gasteiger partial charge in [0, 0.05) is 16.1 Å². The fourth-order valence-corrected chi connectivity index (χ4v) is 2.62. The van der Waals surface area contributed by atoms with Gasteiger partial charge in [0.25, 0.3) is 5.91 Å². The predicted molar refractivity (Wildman–Crippen MR) is 108 cm³/mol. The van der Waals surface area contributed by atoms with Crippen LogP contribution in [0.15, 0.2) is 77.9 Å². The summed E-state index contributed by atoms with van der Waals surface area (Å²) >= 11 is 5.87. The molecule has 6 heteroatoms. The van der Waals surface area contributed by atoms with Crippen LogP contribution in [-0.4, -0.2) is 12.1 Å². The number of halogens is 1. The summed E-state index contributed by atoms with van der Waals surface area (Å²) < 4.78 is 5.72. The molecule has 0 heterocycles. The molecule has 0 fully saturated rings. The largest absolute Gasteiger partial charge is 0.489 e. The van der Waals surface area contributed by atoms with Crippen LogP contribution >= 0.6 is 11.6 Å². The highest BCUT2D eigenvalue weighted by Gasteiger charge is 2.04. The van der Waals surface area contributed by atoms with Gasteiger partial charge in [-0.05, 0) is 54.1 Å². The summed E-state index contributed by atoms with van der Waals surface area (Å²) in [5.74, 6) is 0.336. The maximum absolute atomic E-state index is 12.0. The molecule has 138 valence electrons. The molecule has 0 bridgehead atoms. The van der Waals surface area contributed by atoms with Gasteiger partial charge in [-0.25, -0.2) is 5.43 Å². The van der Waals surface area contributed by atoms with Crippen molar-refractivity contribution in [2.45, 2.75) is 6.61 Å². The van der Waals surface area contributed by atoms with Gasteiger partial charge in [0.15, 0.2) is 0 Å². The minimum Gasteiger partial charge on any atom is -0.489 e. The summed E-state index contributed by atoms with van der Waals surface area (Å²) in [6.45, 7) is 0.312. The van der Waals surface area contributed by atoms with Crippen molar-refractivity contribution in [1.82, 2.24) is 5.43 Å². The summed E-state index contributed by atoms with van der Waals surface area (Å²) in [5, 5.41) is 13.5. The number of nitriles is 1. The Morgan fingerprint density at radius 1 is 1.11 bits per heavy atom. The van der Waals surface area contributed by atoms with E-state index in [1.54, 1.807) is 42.5 Å². The zero-order chi connectivity index (χ0) is 19.8. The van der Waals surface area contributed by atoms with Gasteiger partial charge in [0.2, 0.25) is 0 Å². The van der Waals surface area contributed by atoms with Crippen LogP contribution in [0.1, 0.15) is 27.0 Å². The highest BCUT2D eigenvalue weighted by Crippen LogP contribution is 2.15. The van der Waals surface area contributed by atoms with Crippen LogP contribution in [0.4, 0.5) is 0 Å². The average Bonchev–Trinajstić information content (AvgIpc) is 2.73. The lowest BCUT2D eigenvalue weighted by Crippen LogP contribution is -2.17. The lowest BCUT2D eigenvalue weighted by molar-refractivity contribution is 0.0955. The molecule has 1 amide bonds. The Bertz CT molecular complexity index is 1040. The molecule has 0 aliphatic rings. The van der Waals surface area contributed by atoms with Gasteiger partial charge >= 0.3 is 0 Å². The number of nitrogens with zero attached hydrogens (tertiary/aromatic N) is 2. The molecule has 0 atom stereocenters. The van der Waals surface area contributed by atoms with E-state index in [4.69, 9.17) is 21.6 Å². The van der Waals surface area contributed by atoms with Crippen LogP contribution in [-0.2, 0) is 6.61 Å². The lowest BCUT2D eigenvalue weighted by atomic mass is 10.1. The SMILES string of the molecule is N#Cc1ccccc1COc1ccc(/C=N\NC(=O)c2cccc(Cl)c2)cc1. The van der Waals surface area contributed by atoms with Gasteiger partial charge in [-0.1, -0.05) is 35.9 Å². The number of carbonyl (C=O) groups excluding carboxylic acids is 1. The van der Waals surface area contributed by atoms with Crippen LogP contribution in [0.3, 0.4) is 0 Å². The van der Waals surface area contributed by atoms with Crippen LogP contribution in [0, 0.1) is 11.3 Å². The molecular formula is C22H16ClN3O2. The fraction of sp³-hybridized carbons (Fsp3) is 0.0455. The smallest absolute Gasteiger partial charge is 0.271 e. The first-order chi connectivity index (χ1) is 13.7. The highest BCUT2D eigenvalue weighted by molar-refractivity contribution is 6.30. The van der Waals surface area contributed by atoms with Gasteiger partial charge in [-0.2, -0.15) is 10.4 Å².